The van der Waals surface area contributed by atoms with Crippen molar-refractivity contribution in [3.63, 3.8) is 0 Å². The highest BCUT2D eigenvalue weighted by atomic mass is 16.4. The van der Waals surface area contributed by atoms with Crippen LogP contribution in [0.2, 0.25) is 0 Å². The fourth-order valence-electron chi connectivity index (χ4n) is 2.43. The summed E-state index contributed by atoms with van der Waals surface area (Å²) in [6.45, 7) is 9.55. The van der Waals surface area contributed by atoms with Crippen LogP contribution in [0.3, 0.4) is 0 Å². The zero-order chi connectivity index (χ0) is 12.9. The molecule has 0 aliphatic carbocycles. The first-order valence-corrected chi connectivity index (χ1v) is 6.65. The topological polar surface area (TPSA) is 52.6 Å². The molecule has 17 heavy (non-hydrogen) atoms. The highest BCUT2D eigenvalue weighted by Crippen LogP contribution is 2.22. The predicted molar refractivity (Wildman–Crippen MR) is 69.2 cm³/mol. The normalized spacial score (nSPS) is 18.6. The number of rotatable bonds is 6. The third-order valence-corrected chi connectivity index (χ3v) is 3.51. The Balaban J connectivity index is 2.61. The molecule has 1 aliphatic heterocycles. The molecule has 0 atom stereocenters. The molecule has 4 heteroatoms. The Morgan fingerprint density at radius 1 is 1.41 bits per heavy atom. The van der Waals surface area contributed by atoms with Crippen molar-refractivity contribution in [2.45, 2.75) is 46.1 Å². The van der Waals surface area contributed by atoms with Gasteiger partial charge in [-0.15, -0.1) is 0 Å². The third kappa shape index (κ3) is 4.28. The number of hydrogen-bond donors (Lipinski definition) is 2. The van der Waals surface area contributed by atoms with Crippen LogP contribution in [0.25, 0.3) is 0 Å². The molecule has 4 nitrogen and oxygen atoms in total. The van der Waals surface area contributed by atoms with Crippen molar-refractivity contribution < 1.29 is 9.90 Å². The van der Waals surface area contributed by atoms with Gasteiger partial charge in [0.25, 0.3) is 0 Å². The molecule has 0 aromatic heterocycles. The van der Waals surface area contributed by atoms with E-state index in [1.807, 2.05) is 13.8 Å². The molecule has 0 aromatic carbocycles. The van der Waals surface area contributed by atoms with Crippen LogP contribution in [0.1, 0.15) is 40.0 Å². The van der Waals surface area contributed by atoms with Gasteiger partial charge in [0.05, 0.1) is 5.41 Å². The standard InChI is InChI=1S/C13H26N2O2/c1-4-9-15(10-13(2,3)12(16)17)11-5-7-14-8-6-11/h11,14H,4-10H2,1-3H3,(H,16,17). The van der Waals surface area contributed by atoms with Crippen LogP contribution in [0, 0.1) is 5.41 Å². The van der Waals surface area contributed by atoms with E-state index in [4.69, 9.17) is 0 Å². The number of piperidine rings is 1. The second kappa shape index (κ2) is 6.36. The lowest BCUT2D eigenvalue weighted by molar-refractivity contribution is -0.148. The third-order valence-electron chi connectivity index (χ3n) is 3.51. The van der Waals surface area contributed by atoms with Crippen LogP contribution >= 0.6 is 0 Å². The number of carboxylic acids is 1. The molecule has 1 aliphatic rings. The van der Waals surface area contributed by atoms with Crippen molar-refractivity contribution in [2.75, 3.05) is 26.2 Å². The van der Waals surface area contributed by atoms with Crippen LogP contribution in [0.4, 0.5) is 0 Å². The molecule has 0 saturated carbocycles. The SMILES string of the molecule is CCCN(CC(C)(C)C(=O)O)C1CCNCC1. The van der Waals surface area contributed by atoms with Crippen LogP contribution in [-0.4, -0.2) is 48.2 Å². The van der Waals surface area contributed by atoms with Crippen molar-refractivity contribution in [1.29, 1.82) is 0 Å². The highest BCUT2D eigenvalue weighted by Gasteiger charge is 2.32. The van der Waals surface area contributed by atoms with Crippen molar-refractivity contribution in [1.82, 2.24) is 10.2 Å². The van der Waals surface area contributed by atoms with Crippen molar-refractivity contribution in [2.24, 2.45) is 5.41 Å². The van der Waals surface area contributed by atoms with E-state index in [9.17, 15) is 9.90 Å². The van der Waals surface area contributed by atoms with Gasteiger partial charge in [-0.1, -0.05) is 6.92 Å². The van der Waals surface area contributed by atoms with Crippen LogP contribution in [-0.2, 0) is 4.79 Å². The molecule has 1 heterocycles. The Bertz CT molecular complexity index is 248. The second-order valence-corrected chi connectivity index (χ2v) is 5.64. The minimum atomic E-state index is -0.701. The van der Waals surface area contributed by atoms with Gasteiger partial charge in [0.15, 0.2) is 0 Å². The van der Waals surface area contributed by atoms with Crippen LogP contribution < -0.4 is 5.32 Å². The first-order chi connectivity index (χ1) is 7.97. The number of aliphatic carboxylic acids is 1. The van der Waals surface area contributed by atoms with E-state index in [0.29, 0.717) is 12.6 Å². The van der Waals surface area contributed by atoms with Gasteiger partial charge in [-0.3, -0.25) is 9.69 Å². The van der Waals surface area contributed by atoms with Gasteiger partial charge in [-0.2, -0.15) is 0 Å². The molecule has 1 fully saturated rings. The van der Waals surface area contributed by atoms with Gasteiger partial charge in [-0.05, 0) is 52.7 Å². The van der Waals surface area contributed by atoms with Gasteiger partial charge in [0.2, 0.25) is 0 Å². The molecule has 0 unspecified atom stereocenters. The van der Waals surface area contributed by atoms with Crippen LogP contribution in [0.5, 0.6) is 0 Å². The van der Waals surface area contributed by atoms with E-state index >= 15 is 0 Å². The van der Waals surface area contributed by atoms with Crippen molar-refractivity contribution in [3.8, 4) is 0 Å². The summed E-state index contributed by atoms with van der Waals surface area (Å²) in [5.74, 6) is -0.701. The molecule has 100 valence electrons. The van der Waals surface area contributed by atoms with E-state index in [1.54, 1.807) is 0 Å². The van der Waals surface area contributed by atoms with E-state index < -0.39 is 11.4 Å². The minimum Gasteiger partial charge on any atom is -0.481 e. The largest absolute Gasteiger partial charge is 0.481 e. The predicted octanol–water partition coefficient (Wildman–Crippen LogP) is 1.56. The first-order valence-electron chi connectivity index (χ1n) is 6.65. The van der Waals surface area contributed by atoms with Gasteiger partial charge < -0.3 is 10.4 Å². The quantitative estimate of drug-likeness (QED) is 0.742. The summed E-state index contributed by atoms with van der Waals surface area (Å²) in [6, 6.07) is 0.551. The minimum absolute atomic E-state index is 0.551. The fourth-order valence-corrected chi connectivity index (χ4v) is 2.43. The highest BCUT2D eigenvalue weighted by molar-refractivity contribution is 5.73. The molecular weight excluding hydrogens is 216 g/mol. The average molecular weight is 242 g/mol. The summed E-state index contributed by atoms with van der Waals surface area (Å²) in [7, 11) is 0. The van der Waals surface area contributed by atoms with Crippen molar-refractivity contribution >= 4 is 5.97 Å². The molecule has 0 spiro atoms. The monoisotopic (exact) mass is 242 g/mol. The molecule has 0 radical (unpaired) electrons. The van der Waals surface area contributed by atoms with Gasteiger partial charge in [-0.25, -0.2) is 0 Å². The summed E-state index contributed by atoms with van der Waals surface area (Å²) >= 11 is 0. The molecule has 0 bridgehead atoms. The summed E-state index contributed by atoms with van der Waals surface area (Å²) in [6.07, 6.45) is 3.35. The zero-order valence-corrected chi connectivity index (χ0v) is 11.3. The second-order valence-electron chi connectivity index (χ2n) is 5.64. The van der Waals surface area contributed by atoms with E-state index in [2.05, 4.69) is 17.1 Å². The van der Waals surface area contributed by atoms with Gasteiger partial charge in [0.1, 0.15) is 0 Å². The maximum atomic E-state index is 11.2. The lowest BCUT2D eigenvalue weighted by Gasteiger charge is -2.38. The van der Waals surface area contributed by atoms with E-state index in [-0.39, 0.29) is 0 Å². The molecule has 0 amide bonds. The average Bonchev–Trinajstić information content (AvgIpc) is 2.29. The molecule has 2 N–H and O–H groups in total. The van der Waals surface area contributed by atoms with Gasteiger partial charge in [0, 0.05) is 12.6 Å². The maximum absolute atomic E-state index is 11.2. The number of carboxylic acid groups (broad SMARTS) is 1. The number of nitrogens with zero attached hydrogens (tertiary/aromatic N) is 1. The summed E-state index contributed by atoms with van der Waals surface area (Å²) in [5, 5.41) is 12.6. The summed E-state index contributed by atoms with van der Waals surface area (Å²) < 4.78 is 0. The Labute approximate surface area is 104 Å². The maximum Gasteiger partial charge on any atom is 0.310 e. The number of carbonyl (C=O) groups is 1. The Morgan fingerprint density at radius 3 is 2.47 bits per heavy atom. The summed E-state index contributed by atoms with van der Waals surface area (Å²) in [5.41, 5.74) is -0.653. The first kappa shape index (κ1) is 14.5. The fraction of sp³-hybridized carbons (Fsp3) is 0.923. The lowest BCUT2D eigenvalue weighted by atomic mass is 9.91. The van der Waals surface area contributed by atoms with Crippen LogP contribution in [0.15, 0.2) is 0 Å². The Hall–Kier alpha value is -0.610. The molecule has 0 aromatic rings. The number of hydrogen-bond acceptors (Lipinski definition) is 3. The lowest BCUT2D eigenvalue weighted by Crippen LogP contribution is -2.48. The molecule has 1 rings (SSSR count). The molecular formula is C13H26N2O2. The van der Waals surface area contributed by atoms with Crippen molar-refractivity contribution in [3.05, 3.63) is 0 Å². The van der Waals surface area contributed by atoms with E-state index in [0.717, 1.165) is 38.9 Å². The Kier molecular flexibility index (Phi) is 5.40. The van der Waals surface area contributed by atoms with E-state index in [1.165, 1.54) is 0 Å². The van der Waals surface area contributed by atoms with Gasteiger partial charge >= 0.3 is 5.97 Å². The number of nitrogens with one attached hydrogen (secondary N) is 1. The smallest absolute Gasteiger partial charge is 0.310 e. The summed E-state index contributed by atoms with van der Waals surface area (Å²) in [4.78, 5) is 13.6. The molecule has 1 saturated heterocycles. The zero-order valence-electron chi connectivity index (χ0n) is 11.3. The Morgan fingerprint density at radius 2 is 2.00 bits per heavy atom.